The second kappa shape index (κ2) is 5.48. The number of carbonyl (C=O) groups is 1. The Morgan fingerprint density at radius 1 is 1.25 bits per heavy atom. The highest BCUT2D eigenvalue weighted by Crippen LogP contribution is 2.20. The molecular formula is C12H9ClN2O4S. The van der Waals surface area contributed by atoms with Gasteiger partial charge >= 0.3 is 5.97 Å². The topological polar surface area (TPSA) is 96.4 Å². The number of hydrogen-bond acceptors (Lipinski definition) is 4. The van der Waals surface area contributed by atoms with Gasteiger partial charge < -0.3 is 5.11 Å². The average molecular weight is 313 g/mol. The number of benzene rings is 1. The SMILES string of the molecule is O=C(O)c1ncccc1NS(=O)(=O)c1cccc(Cl)c1. The minimum absolute atomic E-state index is 0.0646. The van der Waals surface area contributed by atoms with Crippen molar-refractivity contribution in [1.82, 2.24) is 4.98 Å². The Labute approximate surface area is 120 Å². The third-order valence-corrected chi connectivity index (χ3v) is 3.96. The molecule has 6 nitrogen and oxygen atoms in total. The first kappa shape index (κ1) is 14.3. The summed E-state index contributed by atoms with van der Waals surface area (Å²) in [6, 6.07) is 8.39. The molecule has 8 heteroatoms. The van der Waals surface area contributed by atoms with Crippen LogP contribution in [0.2, 0.25) is 5.02 Å². The van der Waals surface area contributed by atoms with Crippen LogP contribution in [0.5, 0.6) is 0 Å². The molecule has 0 saturated carbocycles. The van der Waals surface area contributed by atoms with Gasteiger partial charge in [-0.25, -0.2) is 18.2 Å². The molecule has 104 valence electrons. The lowest BCUT2D eigenvalue weighted by Gasteiger charge is -2.09. The zero-order valence-electron chi connectivity index (χ0n) is 9.95. The van der Waals surface area contributed by atoms with E-state index in [1.807, 2.05) is 0 Å². The Hall–Kier alpha value is -2.12. The Morgan fingerprint density at radius 3 is 2.65 bits per heavy atom. The van der Waals surface area contributed by atoms with Gasteiger partial charge in [0.1, 0.15) is 0 Å². The Morgan fingerprint density at radius 2 is 2.00 bits per heavy atom. The third kappa shape index (κ3) is 3.06. The second-order valence-corrected chi connectivity index (χ2v) is 5.89. The number of nitrogens with zero attached hydrogens (tertiary/aromatic N) is 1. The molecule has 0 atom stereocenters. The lowest BCUT2D eigenvalue weighted by Crippen LogP contribution is -2.16. The van der Waals surface area contributed by atoms with Crippen molar-refractivity contribution in [2.24, 2.45) is 0 Å². The quantitative estimate of drug-likeness (QED) is 0.902. The number of halogens is 1. The molecular weight excluding hydrogens is 304 g/mol. The van der Waals surface area contributed by atoms with Gasteiger partial charge in [0.05, 0.1) is 10.6 Å². The molecule has 2 rings (SSSR count). The van der Waals surface area contributed by atoms with Gasteiger partial charge in [0.2, 0.25) is 0 Å². The Balaban J connectivity index is 2.41. The monoisotopic (exact) mass is 312 g/mol. The van der Waals surface area contributed by atoms with Crippen molar-refractivity contribution in [2.75, 3.05) is 4.72 Å². The van der Waals surface area contributed by atoms with Crippen molar-refractivity contribution in [2.45, 2.75) is 4.90 Å². The van der Waals surface area contributed by atoms with E-state index in [2.05, 4.69) is 9.71 Å². The highest BCUT2D eigenvalue weighted by Gasteiger charge is 2.19. The van der Waals surface area contributed by atoms with Crippen LogP contribution in [0.1, 0.15) is 10.5 Å². The summed E-state index contributed by atoms with van der Waals surface area (Å²) in [4.78, 5) is 14.5. The highest BCUT2D eigenvalue weighted by molar-refractivity contribution is 7.92. The van der Waals surface area contributed by atoms with E-state index in [1.165, 1.54) is 42.6 Å². The number of aromatic carboxylic acids is 1. The van der Waals surface area contributed by atoms with E-state index in [0.717, 1.165) is 0 Å². The normalized spacial score (nSPS) is 11.1. The fourth-order valence-electron chi connectivity index (χ4n) is 1.50. The largest absolute Gasteiger partial charge is 0.476 e. The molecule has 20 heavy (non-hydrogen) atoms. The van der Waals surface area contributed by atoms with Crippen LogP contribution in [0.25, 0.3) is 0 Å². The molecule has 0 radical (unpaired) electrons. The first-order valence-corrected chi connectivity index (χ1v) is 7.23. The lowest BCUT2D eigenvalue weighted by atomic mass is 10.3. The van der Waals surface area contributed by atoms with Crippen molar-refractivity contribution < 1.29 is 18.3 Å². The molecule has 0 amide bonds. The van der Waals surface area contributed by atoms with Crippen LogP contribution in [-0.4, -0.2) is 24.5 Å². The summed E-state index contributed by atoms with van der Waals surface area (Å²) in [7, 11) is -3.93. The van der Waals surface area contributed by atoms with Crippen molar-refractivity contribution in [3.63, 3.8) is 0 Å². The number of pyridine rings is 1. The molecule has 0 aliphatic carbocycles. The molecule has 1 aromatic heterocycles. The van der Waals surface area contributed by atoms with E-state index < -0.39 is 16.0 Å². The minimum atomic E-state index is -3.93. The van der Waals surface area contributed by atoms with Gasteiger partial charge in [0.25, 0.3) is 10.0 Å². The van der Waals surface area contributed by atoms with Gasteiger partial charge in [-0.3, -0.25) is 4.72 Å². The number of carboxylic acid groups (broad SMARTS) is 1. The molecule has 0 unspecified atom stereocenters. The predicted molar refractivity (Wildman–Crippen MR) is 73.5 cm³/mol. The van der Waals surface area contributed by atoms with Gasteiger partial charge in [0.15, 0.2) is 5.69 Å². The summed E-state index contributed by atoms with van der Waals surface area (Å²) in [6.45, 7) is 0. The van der Waals surface area contributed by atoms with E-state index in [-0.39, 0.29) is 21.3 Å². The molecule has 2 aromatic rings. The maximum Gasteiger partial charge on any atom is 0.356 e. The number of nitrogens with one attached hydrogen (secondary N) is 1. The van der Waals surface area contributed by atoms with E-state index in [0.29, 0.717) is 0 Å². The molecule has 0 aliphatic rings. The van der Waals surface area contributed by atoms with Gasteiger partial charge in [0, 0.05) is 11.2 Å². The van der Waals surface area contributed by atoms with Crippen LogP contribution >= 0.6 is 11.6 Å². The van der Waals surface area contributed by atoms with Crippen molar-refractivity contribution in [3.05, 3.63) is 53.3 Å². The van der Waals surface area contributed by atoms with E-state index >= 15 is 0 Å². The summed E-state index contributed by atoms with van der Waals surface area (Å²) in [6.07, 6.45) is 1.26. The first-order valence-electron chi connectivity index (χ1n) is 5.37. The summed E-state index contributed by atoms with van der Waals surface area (Å²) in [5, 5.41) is 9.22. The van der Waals surface area contributed by atoms with Crippen LogP contribution in [-0.2, 0) is 10.0 Å². The summed E-state index contributed by atoms with van der Waals surface area (Å²) in [5.74, 6) is -1.32. The highest BCUT2D eigenvalue weighted by atomic mass is 35.5. The van der Waals surface area contributed by atoms with E-state index in [4.69, 9.17) is 16.7 Å². The molecule has 1 aromatic carbocycles. The first-order chi connectivity index (χ1) is 9.40. The zero-order valence-corrected chi connectivity index (χ0v) is 11.5. The lowest BCUT2D eigenvalue weighted by molar-refractivity contribution is 0.0692. The van der Waals surface area contributed by atoms with Crippen LogP contribution in [0.3, 0.4) is 0 Å². The smallest absolute Gasteiger partial charge is 0.356 e. The number of anilines is 1. The van der Waals surface area contributed by atoms with Crippen molar-refractivity contribution in [1.29, 1.82) is 0 Å². The average Bonchev–Trinajstić information content (AvgIpc) is 2.38. The number of sulfonamides is 1. The van der Waals surface area contributed by atoms with Gasteiger partial charge in [-0.05, 0) is 30.3 Å². The van der Waals surface area contributed by atoms with Crippen molar-refractivity contribution in [3.8, 4) is 0 Å². The third-order valence-electron chi connectivity index (χ3n) is 2.36. The van der Waals surface area contributed by atoms with Gasteiger partial charge in [-0.15, -0.1) is 0 Å². The second-order valence-electron chi connectivity index (χ2n) is 3.77. The standard InChI is InChI=1S/C12H9ClN2O4S/c13-8-3-1-4-9(7-8)20(18,19)15-10-5-2-6-14-11(10)12(16)17/h1-7,15H,(H,16,17). The fraction of sp³-hybridized carbons (Fsp3) is 0. The Kier molecular flexibility index (Phi) is 3.91. The molecule has 2 N–H and O–H groups in total. The van der Waals surface area contributed by atoms with E-state index in [9.17, 15) is 13.2 Å². The number of aromatic nitrogens is 1. The molecule has 1 heterocycles. The number of rotatable bonds is 4. The Bertz CT molecular complexity index is 762. The maximum atomic E-state index is 12.1. The molecule has 0 bridgehead atoms. The summed E-state index contributed by atoms with van der Waals surface area (Å²) < 4.78 is 26.5. The summed E-state index contributed by atoms with van der Waals surface area (Å²) >= 11 is 5.74. The predicted octanol–water partition coefficient (Wildman–Crippen LogP) is 2.23. The van der Waals surface area contributed by atoms with Gasteiger partial charge in [-0.2, -0.15) is 0 Å². The molecule has 0 saturated heterocycles. The van der Waals surface area contributed by atoms with Crippen LogP contribution < -0.4 is 4.72 Å². The number of carboxylic acids is 1. The fourth-order valence-corrected chi connectivity index (χ4v) is 2.86. The molecule has 0 spiro atoms. The van der Waals surface area contributed by atoms with Gasteiger partial charge in [-0.1, -0.05) is 17.7 Å². The van der Waals surface area contributed by atoms with Crippen LogP contribution in [0, 0.1) is 0 Å². The van der Waals surface area contributed by atoms with Crippen LogP contribution in [0.15, 0.2) is 47.5 Å². The zero-order chi connectivity index (χ0) is 14.8. The molecule has 0 aliphatic heterocycles. The van der Waals surface area contributed by atoms with Crippen molar-refractivity contribution >= 4 is 33.3 Å². The van der Waals surface area contributed by atoms with Crippen LogP contribution in [0.4, 0.5) is 5.69 Å². The summed E-state index contributed by atoms with van der Waals surface area (Å²) in [5.41, 5.74) is -0.488. The maximum absolute atomic E-state index is 12.1. The minimum Gasteiger partial charge on any atom is -0.476 e. The van der Waals surface area contributed by atoms with E-state index in [1.54, 1.807) is 0 Å². The number of hydrogen-bond donors (Lipinski definition) is 2. The molecule has 0 fully saturated rings.